The molecule has 0 amide bonds. The van der Waals surface area contributed by atoms with Gasteiger partial charge in [0.2, 0.25) is 0 Å². The molecule has 2 rings (SSSR count). The van der Waals surface area contributed by atoms with Crippen molar-refractivity contribution in [1.82, 2.24) is 0 Å². The van der Waals surface area contributed by atoms with Gasteiger partial charge in [0.1, 0.15) is 6.29 Å². The summed E-state index contributed by atoms with van der Waals surface area (Å²) >= 11 is 0. The minimum absolute atomic E-state index is 0.00473. The molecule has 6 heteroatoms. The number of rotatable bonds is 8. The van der Waals surface area contributed by atoms with E-state index in [-0.39, 0.29) is 22.9 Å². The summed E-state index contributed by atoms with van der Waals surface area (Å²) in [5.74, 6) is 0.247. The second-order valence-corrected chi connectivity index (χ2v) is 5.69. The van der Waals surface area contributed by atoms with Crippen molar-refractivity contribution in [3.63, 3.8) is 0 Å². The van der Waals surface area contributed by atoms with Gasteiger partial charge in [-0.05, 0) is 47.5 Å². The van der Waals surface area contributed by atoms with E-state index in [1.165, 1.54) is 44.6 Å². The van der Waals surface area contributed by atoms with E-state index < -0.39 is 0 Å². The summed E-state index contributed by atoms with van der Waals surface area (Å²) in [4.78, 5) is 23.3. The largest absolute Gasteiger partial charge is 0.504 e. The molecule has 0 fully saturated rings. The van der Waals surface area contributed by atoms with Crippen LogP contribution >= 0.6 is 0 Å². The number of phenolic OH excluding ortho intramolecular Hbond substituents is 2. The Morgan fingerprint density at radius 1 is 0.857 bits per heavy atom. The van der Waals surface area contributed by atoms with Gasteiger partial charge < -0.3 is 19.7 Å². The summed E-state index contributed by atoms with van der Waals surface area (Å²) in [6.07, 6.45) is 7.77. The van der Waals surface area contributed by atoms with Crippen LogP contribution in [0.15, 0.2) is 60.2 Å². The van der Waals surface area contributed by atoms with Crippen LogP contribution in [0.4, 0.5) is 0 Å². The molecule has 2 aromatic carbocycles. The number of allylic oxidation sites excluding steroid dienone is 4. The van der Waals surface area contributed by atoms with Gasteiger partial charge in [0, 0.05) is 5.57 Å². The standard InChI is InChI=1S/C22H20O6/c1-27-21-12-15(6-9-19(21)25)3-4-17(14-23)11-18(24)8-5-16-7-10-20(26)22(13-16)28-2/h3-14,25-26H,1-2H3/b4-3+,8-5+,17-11-. The van der Waals surface area contributed by atoms with Crippen LogP contribution in [0.2, 0.25) is 0 Å². The first kappa shape index (κ1) is 20.5. The number of benzene rings is 2. The number of ketones is 1. The summed E-state index contributed by atoms with van der Waals surface area (Å²) < 4.78 is 10.0. The molecule has 28 heavy (non-hydrogen) atoms. The lowest BCUT2D eigenvalue weighted by molar-refractivity contribution is -0.111. The van der Waals surface area contributed by atoms with E-state index in [2.05, 4.69) is 0 Å². The summed E-state index contributed by atoms with van der Waals surface area (Å²) in [5.41, 5.74) is 1.54. The molecule has 6 nitrogen and oxygen atoms in total. The van der Waals surface area contributed by atoms with E-state index in [0.29, 0.717) is 28.9 Å². The molecule has 0 aliphatic heterocycles. The van der Waals surface area contributed by atoms with Gasteiger partial charge in [-0.15, -0.1) is 0 Å². The smallest absolute Gasteiger partial charge is 0.179 e. The Bertz CT molecular complexity index is 953. The molecular formula is C22H20O6. The van der Waals surface area contributed by atoms with Crippen LogP contribution in [-0.4, -0.2) is 36.5 Å². The maximum Gasteiger partial charge on any atom is 0.179 e. The molecule has 0 spiro atoms. The van der Waals surface area contributed by atoms with E-state index in [1.54, 1.807) is 36.4 Å². The molecule has 144 valence electrons. The van der Waals surface area contributed by atoms with Gasteiger partial charge in [-0.3, -0.25) is 9.59 Å². The molecular weight excluding hydrogens is 360 g/mol. The van der Waals surface area contributed by atoms with Crippen LogP contribution in [-0.2, 0) is 9.59 Å². The Morgan fingerprint density at radius 3 is 1.82 bits per heavy atom. The highest BCUT2D eigenvalue weighted by Gasteiger charge is 2.02. The van der Waals surface area contributed by atoms with Crippen LogP contribution in [0, 0.1) is 0 Å². The highest BCUT2D eigenvalue weighted by molar-refractivity contribution is 6.05. The van der Waals surface area contributed by atoms with Crippen LogP contribution in [0.25, 0.3) is 12.2 Å². The Kier molecular flexibility index (Phi) is 7.16. The molecule has 0 radical (unpaired) electrons. The average molecular weight is 380 g/mol. The molecule has 0 unspecified atom stereocenters. The Hall–Kier alpha value is -3.80. The van der Waals surface area contributed by atoms with Gasteiger partial charge >= 0.3 is 0 Å². The molecule has 0 aliphatic rings. The first-order chi connectivity index (χ1) is 13.5. The second kappa shape index (κ2) is 9.78. The molecule has 0 aliphatic carbocycles. The van der Waals surface area contributed by atoms with E-state index in [1.807, 2.05) is 0 Å². The van der Waals surface area contributed by atoms with Crippen LogP contribution in [0.3, 0.4) is 0 Å². The van der Waals surface area contributed by atoms with E-state index >= 15 is 0 Å². The first-order valence-electron chi connectivity index (χ1n) is 8.28. The summed E-state index contributed by atoms with van der Waals surface area (Å²) in [6.45, 7) is 0. The van der Waals surface area contributed by atoms with Crippen molar-refractivity contribution >= 4 is 24.2 Å². The maximum atomic E-state index is 12.1. The first-order valence-corrected chi connectivity index (χ1v) is 8.28. The third-order valence-corrected chi connectivity index (χ3v) is 3.76. The topological polar surface area (TPSA) is 93.1 Å². The summed E-state index contributed by atoms with van der Waals surface area (Å²) in [5, 5.41) is 19.2. The van der Waals surface area contributed by atoms with E-state index in [4.69, 9.17) is 9.47 Å². The van der Waals surface area contributed by atoms with Gasteiger partial charge in [-0.25, -0.2) is 0 Å². The van der Waals surface area contributed by atoms with Crippen molar-refractivity contribution in [3.05, 3.63) is 71.3 Å². The minimum atomic E-state index is -0.373. The Labute approximate surface area is 162 Å². The van der Waals surface area contributed by atoms with Crippen molar-refractivity contribution < 1.29 is 29.3 Å². The molecule has 0 heterocycles. The number of phenols is 2. The van der Waals surface area contributed by atoms with Gasteiger partial charge in [0.25, 0.3) is 0 Å². The third-order valence-electron chi connectivity index (χ3n) is 3.76. The van der Waals surface area contributed by atoms with Crippen LogP contribution in [0.5, 0.6) is 23.0 Å². The number of carbonyl (C=O) groups excluding carboxylic acids is 2. The van der Waals surface area contributed by atoms with E-state index in [0.717, 1.165) is 0 Å². The SMILES string of the molecule is COc1cc(/C=C/C(=O)/C=C(C=O)/C=C/c2ccc(O)c(OC)c2)ccc1O. The Balaban J connectivity index is 2.13. The van der Waals surface area contributed by atoms with Crippen molar-refractivity contribution in [2.45, 2.75) is 0 Å². The fourth-order valence-electron chi connectivity index (χ4n) is 2.30. The fraction of sp³-hybridized carbons (Fsp3) is 0.0909. The fourth-order valence-corrected chi connectivity index (χ4v) is 2.30. The Morgan fingerprint density at radius 2 is 1.36 bits per heavy atom. The zero-order valence-corrected chi connectivity index (χ0v) is 15.5. The summed E-state index contributed by atoms with van der Waals surface area (Å²) in [6, 6.07) is 9.41. The van der Waals surface area contributed by atoms with Gasteiger partial charge in [0.15, 0.2) is 28.8 Å². The van der Waals surface area contributed by atoms with Gasteiger partial charge in [-0.1, -0.05) is 30.4 Å². The minimum Gasteiger partial charge on any atom is -0.504 e. The highest BCUT2D eigenvalue weighted by Crippen LogP contribution is 2.27. The third kappa shape index (κ3) is 5.60. The molecule has 0 atom stereocenters. The van der Waals surface area contributed by atoms with Gasteiger partial charge in [-0.2, -0.15) is 0 Å². The molecule has 2 aromatic rings. The number of aromatic hydroxyl groups is 2. The number of methoxy groups -OCH3 is 2. The number of aldehydes is 1. The van der Waals surface area contributed by atoms with Crippen molar-refractivity contribution in [2.75, 3.05) is 14.2 Å². The van der Waals surface area contributed by atoms with Gasteiger partial charge in [0.05, 0.1) is 14.2 Å². The molecule has 2 N–H and O–H groups in total. The van der Waals surface area contributed by atoms with Crippen molar-refractivity contribution in [3.8, 4) is 23.0 Å². The second-order valence-electron chi connectivity index (χ2n) is 5.69. The molecule has 0 saturated carbocycles. The lowest BCUT2D eigenvalue weighted by atomic mass is 10.1. The molecule has 0 bridgehead atoms. The number of ether oxygens (including phenoxy) is 2. The van der Waals surface area contributed by atoms with Crippen molar-refractivity contribution in [1.29, 1.82) is 0 Å². The van der Waals surface area contributed by atoms with Crippen molar-refractivity contribution in [2.24, 2.45) is 0 Å². The van der Waals surface area contributed by atoms with E-state index in [9.17, 15) is 19.8 Å². The van der Waals surface area contributed by atoms with Crippen LogP contribution < -0.4 is 9.47 Å². The lowest BCUT2D eigenvalue weighted by Gasteiger charge is -2.03. The zero-order chi connectivity index (χ0) is 20.5. The normalized spacial score (nSPS) is 11.7. The lowest BCUT2D eigenvalue weighted by Crippen LogP contribution is -1.91. The predicted molar refractivity (Wildman–Crippen MR) is 107 cm³/mol. The molecule has 0 aromatic heterocycles. The molecule has 0 saturated heterocycles. The maximum absolute atomic E-state index is 12.1. The zero-order valence-electron chi connectivity index (χ0n) is 15.5. The number of hydrogen-bond donors (Lipinski definition) is 2. The average Bonchev–Trinajstić information content (AvgIpc) is 2.71. The number of hydrogen-bond acceptors (Lipinski definition) is 6. The van der Waals surface area contributed by atoms with Crippen LogP contribution in [0.1, 0.15) is 11.1 Å². The monoisotopic (exact) mass is 380 g/mol. The predicted octanol–water partition coefficient (Wildman–Crippen LogP) is 3.54. The highest BCUT2D eigenvalue weighted by atomic mass is 16.5. The number of carbonyl (C=O) groups is 2. The quantitative estimate of drug-likeness (QED) is 0.413. The summed E-state index contributed by atoms with van der Waals surface area (Å²) in [7, 11) is 2.87.